The van der Waals surface area contributed by atoms with E-state index in [1.807, 2.05) is 54.8 Å². The molecule has 11 nitrogen and oxygen atoms in total. The van der Waals surface area contributed by atoms with Crippen LogP contribution in [0.25, 0.3) is 11.4 Å². The third-order valence-corrected chi connectivity index (χ3v) is 10.7. The van der Waals surface area contributed by atoms with E-state index in [2.05, 4.69) is 58.0 Å². The summed E-state index contributed by atoms with van der Waals surface area (Å²) < 4.78 is 28.8. The average molecular weight is 830 g/mol. The minimum absolute atomic E-state index is 0.199. The van der Waals surface area contributed by atoms with E-state index in [9.17, 15) is 14.0 Å². The average Bonchev–Trinajstić information content (AvgIpc) is 3.85. The highest BCUT2D eigenvalue weighted by Gasteiger charge is 2.31. The van der Waals surface area contributed by atoms with Gasteiger partial charge in [0.2, 0.25) is 0 Å². The van der Waals surface area contributed by atoms with Crippen LogP contribution in [0.2, 0.25) is 19.6 Å². The maximum Gasteiger partial charge on any atom is 0.358 e. The molecular formula is C48H44FN7O4Si. The number of fused-ring (bicyclic) bond motifs is 6. The first-order valence-corrected chi connectivity index (χ1v) is 23.4. The number of nitrogens with zero attached hydrogens (tertiary/aromatic N) is 7. The van der Waals surface area contributed by atoms with Crippen molar-refractivity contribution in [3.63, 3.8) is 0 Å². The van der Waals surface area contributed by atoms with E-state index in [0.29, 0.717) is 45.2 Å². The first-order valence-electron chi connectivity index (χ1n) is 19.9. The Morgan fingerprint density at radius 1 is 0.721 bits per heavy atom. The molecule has 3 aromatic heterocycles. The van der Waals surface area contributed by atoms with Gasteiger partial charge in [0.15, 0.2) is 11.4 Å². The summed E-state index contributed by atoms with van der Waals surface area (Å²) in [5.41, 5.74) is 12.3. The lowest BCUT2D eigenvalue weighted by molar-refractivity contribution is 0.0508. The number of terminal acetylenes is 1. The molecule has 5 heterocycles. The van der Waals surface area contributed by atoms with Crippen molar-refractivity contribution < 1.29 is 23.5 Å². The van der Waals surface area contributed by atoms with E-state index in [1.54, 1.807) is 67.6 Å². The van der Waals surface area contributed by atoms with Crippen molar-refractivity contribution in [2.45, 2.75) is 59.4 Å². The number of hydrogen-bond donors (Lipinski definition) is 0. The Bertz CT molecular complexity index is 2840. The van der Waals surface area contributed by atoms with Gasteiger partial charge in [-0.2, -0.15) is 0 Å². The van der Waals surface area contributed by atoms with Gasteiger partial charge in [0.05, 0.1) is 65.2 Å². The van der Waals surface area contributed by atoms with Crippen molar-refractivity contribution in [2.24, 2.45) is 9.98 Å². The van der Waals surface area contributed by atoms with Gasteiger partial charge in [-0.3, -0.25) is 24.1 Å². The van der Waals surface area contributed by atoms with Gasteiger partial charge in [0.1, 0.15) is 26.5 Å². The van der Waals surface area contributed by atoms with Crippen LogP contribution < -0.4 is 0 Å². The number of hydrogen-bond acceptors (Lipinski definition) is 9. The molecule has 3 aromatic carbocycles. The van der Waals surface area contributed by atoms with Crippen LogP contribution in [0.1, 0.15) is 106 Å². The minimum Gasteiger partial charge on any atom is -0.461 e. The number of aromatic nitrogens is 5. The van der Waals surface area contributed by atoms with E-state index in [0.717, 1.165) is 28.2 Å². The molecule has 13 heteroatoms. The van der Waals surface area contributed by atoms with Gasteiger partial charge >= 0.3 is 11.9 Å². The van der Waals surface area contributed by atoms with Crippen LogP contribution in [0.4, 0.5) is 4.39 Å². The zero-order chi connectivity index (χ0) is 43.4. The van der Waals surface area contributed by atoms with Crippen LogP contribution in [0, 0.1) is 29.6 Å². The Hall–Kier alpha value is -7.22. The van der Waals surface area contributed by atoms with Gasteiger partial charge in [-0.15, -0.1) is 12.0 Å². The lowest BCUT2D eigenvalue weighted by atomic mass is 9.98. The minimum atomic E-state index is -1.52. The highest BCUT2D eigenvalue weighted by atomic mass is 28.3. The van der Waals surface area contributed by atoms with E-state index >= 15 is 0 Å². The molecular weight excluding hydrogens is 786 g/mol. The summed E-state index contributed by atoms with van der Waals surface area (Å²) in [7, 11) is -1.52. The van der Waals surface area contributed by atoms with E-state index < -0.39 is 26.1 Å². The molecule has 0 radical (unpaired) electrons. The number of benzene rings is 3. The summed E-state index contributed by atoms with van der Waals surface area (Å²) in [4.78, 5) is 48.0. The summed E-state index contributed by atoms with van der Waals surface area (Å²) in [5.74, 6) is 4.61. The maximum absolute atomic E-state index is 14.7. The van der Waals surface area contributed by atoms with E-state index in [-0.39, 0.29) is 30.8 Å². The molecule has 306 valence electrons. The van der Waals surface area contributed by atoms with Crippen LogP contribution in [0.15, 0.2) is 108 Å². The van der Waals surface area contributed by atoms with Gasteiger partial charge in [0, 0.05) is 34.0 Å². The summed E-state index contributed by atoms with van der Waals surface area (Å²) in [6, 6.07) is 22.9. The molecule has 61 heavy (non-hydrogen) atoms. The van der Waals surface area contributed by atoms with Gasteiger partial charge in [-0.25, -0.2) is 23.9 Å². The second-order valence-corrected chi connectivity index (χ2v) is 20.0. The zero-order valence-electron chi connectivity index (χ0n) is 35.0. The first-order chi connectivity index (χ1) is 29.3. The van der Waals surface area contributed by atoms with Gasteiger partial charge < -0.3 is 9.47 Å². The quantitative estimate of drug-likeness (QED) is 0.0935. The molecule has 2 atom stereocenters. The molecule has 2 aliphatic heterocycles. The molecule has 0 aliphatic carbocycles. The van der Waals surface area contributed by atoms with Crippen LogP contribution in [-0.4, -0.2) is 68.7 Å². The molecule has 0 amide bonds. The normalized spacial score (nSPS) is 14.9. The Balaban J connectivity index is 0.000000185. The van der Waals surface area contributed by atoms with Crippen molar-refractivity contribution in [3.05, 3.63) is 160 Å². The van der Waals surface area contributed by atoms with Crippen molar-refractivity contribution >= 4 is 31.4 Å². The molecule has 8 rings (SSSR count). The number of imidazole rings is 2. The fourth-order valence-corrected chi connectivity index (χ4v) is 7.65. The molecule has 0 spiro atoms. The second kappa shape index (κ2) is 17.6. The van der Waals surface area contributed by atoms with Gasteiger partial charge in [-0.05, 0) is 88.4 Å². The molecule has 0 fully saturated rings. The topological polar surface area (TPSA) is 126 Å². The van der Waals surface area contributed by atoms with Crippen molar-refractivity contribution in [1.29, 1.82) is 0 Å². The lowest BCUT2D eigenvalue weighted by Gasteiger charge is -2.13. The highest BCUT2D eigenvalue weighted by Crippen LogP contribution is 2.35. The van der Waals surface area contributed by atoms with Gasteiger partial charge in [-0.1, -0.05) is 49.7 Å². The lowest BCUT2D eigenvalue weighted by Crippen LogP contribution is -2.16. The highest BCUT2D eigenvalue weighted by molar-refractivity contribution is 6.83. The standard InChI is InChI=1S/C25H26N4O2Si.C23H18FN3O2/c1-6-31-25(30)23-24-17(2)28-22(20-9-7-8-13-26-20)19-15-18(12-14-32(3,4)5)10-11-21(19)29(24)16-27-23;1-4-15-10-11-19-17(12-15)20(16-8-6-7-9-18(16)24)26-14(3)22-21(23(28)29-5-2)25-13-27(19)22/h7-11,13,15-17H,6H2,1-5H3;1,6-14H,5H2,2-3H3/t17-;14-/m01/s1. The predicted octanol–water partition coefficient (Wildman–Crippen LogP) is 8.67. The van der Waals surface area contributed by atoms with Crippen molar-refractivity contribution in [3.8, 4) is 35.2 Å². The number of rotatable bonds is 6. The first kappa shape index (κ1) is 41.9. The van der Waals surface area contributed by atoms with Crippen LogP contribution in [-0.2, 0) is 9.47 Å². The number of esters is 2. The Labute approximate surface area is 355 Å². The van der Waals surface area contributed by atoms with Crippen LogP contribution in [0.3, 0.4) is 0 Å². The van der Waals surface area contributed by atoms with E-state index in [1.165, 1.54) is 6.07 Å². The number of carbonyl (C=O) groups excluding carboxylic acids is 2. The molecule has 6 aromatic rings. The summed E-state index contributed by atoms with van der Waals surface area (Å²) in [5, 5.41) is 0. The number of pyridine rings is 1. The molecule has 0 saturated heterocycles. The molecule has 2 aliphatic rings. The van der Waals surface area contributed by atoms with Crippen molar-refractivity contribution in [1.82, 2.24) is 24.1 Å². The Morgan fingerprint density at radius 3 is 1.80 bits per heavy atom. The zero-order valence-corrected chi connectivity index (χ0v) is 36.0. The fourth-order valence-electron chi connectivity index (χ4n) is 7.13. The molecule has 0 saturated carbocycles. The number of halogens is 1. The smallest absolute Gasteiger partial charge is 0.358 e. The van der Waals surface area contributed by atoms with Gasteiger partial charge in [0.25, 0.3) is 0 Å². The third kappa shape index (κ3) is 8.60. The monoisotopic (exact) mass is 829 g/mol. The third-order valence-electron chi connectivity index (χ3n) is 9.79. The summed E-state index contributed by atoms with van der Waals surface area (Å²) >= 11 is 0. The molecule has 0 unspecified atom stereocenters. The van der Waals surface area contributed by atoms with E-state index in [4.69, 9.17) is 25.9 Å². The van der Waals surface area contributed by atoms with Crippen LogP contribution >= 0.6 is 0 Å². The number of carbonyl (C=O) groups is 2. The fraction of sp³-hybridized carbons (Fsp3) is 0.229. The molecule has 0 bridgehead atoms. The summed E-state index contributed by atoms with van der Waals surface area (Å²) in [6.45, 7) is 14.5. The number of aliphatic imine (C=N–C) groups is 2. The SMILES string of the molecule is C#Cc1ccc2c(c1)C(c1ccccc1F)=N[C@H](C)c1c(C(=O)OCC)ncn1-2.CCOC(=O)c1ncn2c1[C@H](C)N=C(c1ccccn1)c1cc(C#C[Si](C)(C)C)ccc1-2. The predicted molar refractivity (Wildman–Crippen MR) is 236 cm³/mol. The van der Waals surface area contributed by atoms with Crippen molar-refractivity contribution in [2.75, 3.05) is 13.2 Å². The summed E-state index contributed by atoms with van der Waals surface area (Å²) in [6.07, 6.45) is 10.6. The number of ether oxygens (including phenoxy) is 2. The Morgan fingerprint density at radius 2 is 1.26 bits per heavy atom. The Kier molecular flexibility index (Phi) is 12.1. The van der Waals surface area contributed by atoms with Crippen LogP contribution in [0.5, 0.6) is 0 Å². The molecule has 0 N–H and O–H groups in total. The second-order valence-electron chi connectivity index (χ2n) is 15.2. The largest absolute Gasteiger partial charge is 0.461 e. The maximum atomic E-state index is 14.7.